The third kappa shape index (κ3) is 6.42. The van der Waals surface area contributed by atoms with Crippen molar-refractivity contribution in [3.8, 4) is 0 Å². The fourth-order valence-corrected chi connectivity index (χ4v) is 0.929. The van der Waals surface area contributed by atoms with Gasteiger partial charge in [0.1, 0.15) is 11.9 Å². The number of hydrogen-bond acceptors (Lipinski definition) is 4. The molecule has 13 heavy (non-hydrogen) atoms. The van der Waals surface area contributed by atoms with Crippen LogP contribution in [0.4, 0.5) is 0 Å². The van der Waals surface area contributed by atoms with Crippen molar-refractivity contribution in [1.29, 1.82) is 0 Å². The molecule has 0 fully saturated rings. The van der Waals surface area contributed by atoms with Gasteiger partial charge in [-0.1, -0.05) is 0 Å². The second-order valence-electron chi connectivity index (χ2n) is 2.99. The summed E-state index contributed by atoms with van der Waals surface area (Å²) in [7, 11) is 1.42. The molecule has 0 aliphatic heterocycles. The van der Waals surface area contributed by atoms with E-state index in [9.17, 15) is 9.59 Å². The van der Waals surface area contributed by atoms with Crippen molar-refractivity contribution in [2.45, 2.75) is 32.3 Å². The van der Waals surface area contributed by atoms with Crippen molar-refractivity contribution in [3.05, 3.63) is 0 Å². The largest absolute Gasteiger partial charge is 0.383 e. The van der Waals surface area contributed by atoms with E-state index in [4.69, 9.17) is 5.11 Å². The van der Waals surface area contributed by atoms with Crippen LogP contribution in [0.2, 0.25) is 0 Å². The second kappa shape index (κ2) is 6.74. The maximum absolute atomic E-state index is 11.1. The van der Waals surface area contributed by atoms with E-state index in [0.717, 1.165) is 0 Å². The SMILES string of the molecule is COCC(O)C(=O)CCCC(C)=O. The van der Waals surface area contributed by atoms with E-state index < -0.39 is 6.10 Å². The van der Waals surface area contributed by atoms with Crippen LogP contribution in [0.1, 0.15) is 26.2 Å². The maximum Gasteiger partial charge on any atom is 0.163 e. The lowest BCUT2D eigenvalue weighted by atomic mass is 10.1. The zero-order valence-electron chi connectivity index (χ0n) is 8.08. The third-order valence-electron chi connectivity index (χ3n) is 1.65. The van der Waals surface area contributed by atoms with Crippen molar-refractivity contribution in [2.24, 2.45) is 0 Å². The molecule has 0 heterocycles. The van der Waals surface area contributed by atoms with Crippen LogP contribution in [-0.2, 0) is 14.3 Å². The Balaban J connectivity index is 3.55. The van der Waals surface area contributed by atoms with Crippen molar-refractivity contribution in [2.75, 3.05) is 13.7 Å². The molecule has 0 rings (SSSR count). The molecule has 1 atom stereocenters. The standard InChI is InChI=1S/C9H16O4/c1-7(10)4-3-5-8(11)9(12)6-13-2/h9,12H,3-6H2,1-2H3. The molecular formula is C9H16O4. The predicted octanol–water partition coefficient (Wildman–Crippen LogP) is 0.322. The highest BCUT2D eigenvalue weighted by Crippen LogP contribution is 2.00. The molecule has 1 unspecified atom stereocenters. The van der Waals surface area contributed by atoms with Crippen LogP contribution >= 0.6 is 0 Å². The Kier molecular flexibility index (Phi) is 6.36. The molecule has 76 valence electrons. The van der Waals surface area contributed by atoms with Crippen molar-refractivity contribution >= 4 is 11.6 Å². The van der Waals surface area contributed by atoms with Crippen molar-refractivity contribution in [3.63, 3.8) is 0 Å². The van der Waals surface area contributed by atoms with Crippen LogP contribution < -0.4 is 0 Å². The van der Waals surface area contributed by atoms with E-state index in [1.165, 1.54) is 14.0 Å². The molecule has 0 aromatic rings. The van der Waals surface area contributed by atoms with Crippen LogP contribution in [0, 0.1) is 0 Å². The number of carbonyl (C=O) groups is 2. The van der Waals surface area contributed by atoms with E-state index in [-0.39, 0.29) is 24.6 Å². The highest BCUT2D eigenvalue weighted by Gasteiger charge is 2.13. The molecule has 0 bridgehead atoms. The van der Waals surface area contributed by atoms with Gasteiger partial charge >= 0.3 is 0 Å². The second-order valence-corrected chi connectivity index (χ2v) is 2.99. The molecule has 0 saturated heterocycles. The molecule has 1 N–H and O–H groups in total. The van der Waals surface area contributed by atoms with Gasteiger partial charge in [0.25, 0.3) is 0 Å². The van der Waals surface area contributed by atoms with Crippen molar-refractivity contribution in [1.82, 2.24) is 0 Å². The molecule has 0 aliphatic carbocycles. The quantitative estimate of drug-likeness (QED) is 0.625. The molecular weight excluding hydrogens is 172 g/mol. The molecule has 0 amide bonds. The van der Waals surface area contributed by atoms with Gasteiger partial charge in [0, 0.05) is 20.0 Å². The maximum atomic E-state index is 11.1. The Morgan fingerprint density at radius 3 is 2.46 bits per heavy atom. The number of aliphatic hydroxyl groups excluding tert-OH is 1. The molecule has 0 aromatic heterocycles. The van der Waals surface area contributed by atoms with Gasteiger partial charge in [-0.3, -0.25) is 4.79 Å². The van der Waals surface area contributed by atoms with Gasteiger partial charge < -0.3 is 14.6 Å². The highest BCUT2D eigenvalue weighted by atomic mass is 16.5. The van der Waals surface area contributed by atoms with E-state index in [2.05, 4.69) is 4.74 Å². The number of Topliss-reactive ketones (excluding diaryl/α,β-unsaturated/α-hetero) is 2. The van der Waals surface area contributed by atoms with Gasteiger partial charge in [0.05, 0.1) is 6.61 Å². The van der Waals surface area contributed by atoms with Crippen LogP contribution in [0.5, 0.6) is 0 Å². The summed E-state index contributed by atoms with van der Waals surface area (Å²) >= 11 is 0. The lowest BCUT2D eigenvalue weighted by molar-refractivity contribution is -0.129. The van der Waals surface area contributed by atoms with Crippen LogP contribution in [0.25, 0.3) is 0 Å². The minimum atomic E-state index is -1.04. The molecule has 0 spiro atoms. The van der Waals surface area contributed by atoms with Crippen LogP contribution in [-0.4, -0.2) is 36.5 Å². The Morgan fingerprint density at radius 1 is 1.38 bits per heavy atom. The lowest BCUT2D eigenvalue weighted by Gasteiger charge is -2.06. The smallest absolute Gasteiger partial charge is 0.163 e. The number of ether oxygens (including phenoxy) is 1. The number of carbonyl (C=O) groups excluding carboxylic acids is 2. The first-order valence-corrected chi connectivity index (χ1v) is 4.27. The van der Waals surface area contributed by atoms with Crippen LogP contribution in [0.15, 0.2) is 0 Å². The van der Waals surface area contributed by atoms with Gasteiger partial charge in [-0.2, -0.15) is 0 Å². The molecule has 4 heteroatoms. The summed E-state index contributed by atoms with van der Waals surface area (Å²) < 4.78 is 4.61. The van der Waals surface area contributed by atoms with E-state index in [1.807, 2.05) is 0 Å². The molecule has 0 aromatic carbocycles. The first-order valence-electron chi connectivity index (χ1n) is 4.27. The Labute approximate surface area is 77.9 Å². The number of aliphatic hydroxyl groups is 1. The lowest BCUT2D eigenvalue weighted by Crippen LogP contribution is -2.25. The van der Waals surface area contributed by atoms with Gasteiger partial charge in [-0.15, -0.1) is 0 Å². The molecule has 0 saturated carbocycles. The zero-order chi connectivity index (χ0) is 10.3. The monoisotopic (exact) mass is 188 g/mol. The predicted molar refractivity (Wildman–Crippen MR) is 47.4 cm³/mol. The summed E-state index contributed by atoms with van der Waals surface area (Å²) in [5, 5.41) is 9.12. The van der Waals surface area contributed by atoms with Crippen LogP contribution in [0.3, 0.4) is 0 Å². The first kappa shape index (κ1) is 12.3. The fraction of sp³-hybridized carbons (Fsp3) is 0.778. The minimum Gasteiger partial charge on any atom is -0.383 e. The summed E-state index contributed by atoms with van der Waals surface area (Å²) in [5.41, 5.74) is 0. The number of ketones is 2. The number of rotatable bonds is 7. The highest BCUT2D eigenvalue weighted by molar-refractivity contribution is 5.83. The number of hydrogen-bond donors (Lipinski definition) is 1. The molecule has 0 aliphatic rings. The van der Waals surface area contributed by atoms with E-state index >= 15 is 0 Å². The molecule has 4 nitrogen and oxygen atoms in total. The Hall–Kier alpha value is -0.740. The summed E-state index contributed by atoms with van der Waals surface area (Å²) in [6.45, 7) is 1.51. The average Bonchev–Trinajstić information content (AvgIpc) is 2.04. The summed E-state index contributed by atoms with van der Waals surface area (Å²) in [6.07, 6.45) is 0.0989. The zero-order valence-corrected chi connectivity index (χ0v) is 8.08. The van der Waals surface area contributed by atoms with Gasteiger partial charge in [0.2, 0.25) is 0 Å². The van der Waals surface area contributed by atoms with Gasteiger partial charge in [0.15, 0.2) is 5.78 Å². The topological polar surface area (TPSA) is 63.6 Å². The summed E-state index contributed by atoms with van der Waals surface area (Å²) in [4.78, 5) is 21.6. The summed E-state index contributed by atoms with van der Waals surface area (Å²) in [5.74, 6) is -0.197. The van der Waals surface area contributed by atoms with Gasteiger partial charge in [-0.25, -0.2) is 0 Å². The minimum absolute atomic E-state index is 0.0267. The van der Waals surface area contributed by atoms with E-state index in [1.54, 1.807) is 0 Å². The Morgan fingerprint density at radius 2 is 2.00 bits per heavy atom. The fourth-order valence-electron chi connectivity index (χ4n) is 0.929. The molecule has 0 radical (unpaired) electrons. The first-order chi connectivity index (χ1) is 6.07. The van der Waals surface area contributed by atoms with E-state index in [0.29, 0.717) is 12.8 Å². The number of methoxy groups -OCH3 is 1. The van der Waals surface area contributed by atoms with Gasteiger partial charge in [-0.05, 0) is 13.3 Å². The summed E-state index contributed by atoms with van der Waals surface area (Å²) in [6, 6.07) is 0. The normalized spacial score (nSPS) is 12.5. The average molecular weight is 188 g/mol. The Bertz CT molecular complexity index is 176. The third-order valence-corrected chi connectivity index (χ3v) is 1.65. The van der Waals surface area contributed by atoms with Crippen molar-refractivity contribution < 1.29 is 19.4 Å².